The van der Waals surface area contributed by atoms with Crippen LogP contribution in [0.5, 0.6) is 0 Å². The molecule has 2 fully saturated rings. The topological polar surface area (TPSA) is 222 Å². The molecule has 1 heterocycles. The van der Waals surface area contributed by atoms with Gasteiger partial charge in [-0.1, -0.05) is 152 Å². The number of allylic oxidation sites excluding steroid dienone is 7. The average Bonchev–Trinajstić information content (AvgIpc) is 4.03. The first kappa shape index (κ1) is 55.9. The Morgan fingerprint density at radius 3 is 1.56 bits per heavy atom. The number of hydrogen-bond acceptors (Lipinski definition) is 13. The van der Waals surface area contributed by atoms with E-state index in [1.54, 1.807) is 0 Å². The summed E-state index contributed by atoms with van der Waals surface area (Å²) in [4.78, 5) is 35.7. The number of aliphatic hydroxyl groups is 5. The maximum Gasteiger partial charge on any atom is 0.472 e. The monoisotopic (exact) mass is 901 g/mol. The number of phosphoric acid groups is 1. The molecule has 0 aromatic carbocycles. The summed E-state index contributed by atoms with van der Waals surface area (Å²) in [5, 5.41) is 50.2. The van der Waals surface area contributed by atoms with Crippen LogP contribution < -0.4 is 0 Å². The van der Waals surface area contributed by atoms with Gasteiger partial charge in [0, 0.05) is 12.8 Å². The summed E-state index contributed by atoms with van der Waals surface area (Å²) >= 11 is 0. The van der Waals surface area contributed by atoms with Crippen LogP contribution in [0.2, 0.25) is 0 Å². The number of rotatable bonds is 37. The van der Waals surface area contributed by atoms with Gasteiger partial charge in [-0.15, -0.1) is 0 Å². The first-order chi connectivity index (χ1) is 29.9. The molecule has 1 aliphatic heterocycles. The molecule has 0 bridgehead atoms. The van der Waals surface area contributed by atoms with E-state index in [2.05, 4.69) is 50.3 Å². The smallest absolute Gasteiger partial charge is 0.462 e. The second-order valence-corrected chi connectivity index (χ2v) is 18.0. The zero-order valence-electron chi connectivity index (χ0n) is 37.6. The molecule has 1 aliphatic carbocycles. The predicted octanol–water partition coefficient (Wildman–Crippen LogP) is 8.16. The molecule has 0 amide bonds. The normalized spacial score (nSPS) is 25.5. The van der Waals surface area contributed by atoms with Crippen molar-refractivity contribution in [2.75, 3.05) is 13.2 Å². The number of phosphoric ester groups is 1. The van der Waals surface area contributed by atoms with Crippen molar-refractivity contribution in [3.63, 3.8) is 0 Å². The molecule has 8 unspecified atom stereocenters. The van der Waals surface area contributed by atoms with Gasteiger partial charge in [-0.2, -0.15) is 0 Å². The lowest BCUT2D eigenvalue weighted by Crippen LogP contribution is -2.64. The van der Waals surface area contributed by atoms with Crippen LogP contribution in [0.4, 0.5) is 0 Å². The third-order valence-corrected chi connectivity index (χ3v) is 12.1. The quantitative estimate of drug-likeness (QED) is 0.0114. The molecule has 1 saturated carbocycles. The third-order valence-electron chi connectivity index (χ3n) is 11.2. The highest BCUT2D eigenvalue weighted by atomic mass is 31.2. The van der Waals surface area contributed by atoms with Gasteiger partial charge in [-0.05, 0) is 51.4 Å². The number of epoxide rings is 1. The van der Waals surface area contributed by atoms with Crippen LogP contribution in [-0.2, 0) is 37.4 Å². The zero-order chi connectivity index (χ0) is 45.4. The van der Waals surface area contributed by atoms with Gasteiger partial charge in [0.1, 0.15) is 43.2 Å². The van der Waals surface area contributed by atoms with Gasteiger partial charge in [-0.3, -0.25) is 18.6 Å². The number of ether oxygens (including phenoxy) is 3. The Morgan fingerprint density at radius 1 is 0.581 bits per heavy atom. The fourth-order valence-electron chi connectivity index (χ4n) is 7.21. The summed E-state index contributed by atoms with van der Waals surface area (Å²) in [5.74, 6) is -1.17. The summed E-state index contributed by atoms with van der Waals surface area (Å²) < 4.78 is 39.0. The van der Waals surface area contributed by atoms with Crippen LogP contribution in [0.1, 0.15) is 168 Å². The summed E-state index contributed by atoms with van der Waals surface area (Å²) in [6.07, 6.45) is 27.9. The Morgan fingerprint density at radius 2 is 1.05 bits per heavy atom. The van der Waals surface area contributed by atoms with Crippen LogP contribution in [0.3, 0.4) is 0 Å². The van der Waals surface area contributed by atoms with Gasteiger partial charge in [-0.25, -0.2) is 4.57 Å². The van der Waals surface area contributed by atoms with Gasteiger partial charge in [0.15, 0.2) is 6.10 Å². The molecule has 2 rings (SSSR count). The van der Waals surface area contributed by atoms with Gasteiger partial charge in [0.2, 0.25) is 0 Å². The number of unbranched alkanes of at least 4 members (excludes halogenated alkanes) is 15. The maximum absolute atomic E-state index is 12.8. The highest BCUT2D eigenvalue weighted by Crippen LogP contribution is 2.47. The molecule has 2 aliphatic rings. The van der Waals surface area contributed by atoms with Gasteiger partial charge in [0.25, 0.3) is 0 Å². The molecule has 0 radical (unpaired) electrons. The predicted molar refractivity (Wildman–Crippen MR) is 239 cm³/mol. The van der Waals surface area contributed by atoms with Crippen LogP contribution >= 0.6 is 7.82 Å². The number of hydrogen-bond donors (Lipinski definition) is 6. The van der Waals surface area contributed by atoms with E-state index in [0.717, 1.165) is 51.4 Å². The maximum atomic E-state index is 12.8. The van der Waals surface area contributed by atoms with Crippen molar-refractivity contribution in [2.24, 2.45) is 0 Å². The molecule has 0 aromatic heterocycles. The van der Waals surface area contributed by atoms with E-state index in [-0.39, 0.29) is 12.8 Å². The minimum absolute atomic E-state index is 0.0156. The summed E-state index contributed by atoms with van der Waals surface area (Å²) in [7, 11) is -5.14. The molecule has 1 saturated heterocycles. The fourth-order valence-corrected chi connectivity index (χ4v) is 8.19. The molecule has 62 heavy (non-hydrogen) atoms. The van der Waals surface area contributed by atoms with Gasteiger partial charge in [0.05, 0.1) is 18.8 Å². The number of carbonyl (C=O) groups excluding carboxylic acids is 2. The molecule has 358 valence electrons. The van der Waals surface area contributed by atoms with Crippen molar-refractivity contribution in [3.05, 3.63) is 48.6 Å². The van der Waals surface area contributed by atoms with Crippen molar-refractivity contribution in [1.29, 1.82) is 0 Å². The van der Waals surface area contributed by atoms with E-state index in [1.165, 1.54) is 70.6 Å². The van der Waals surface area contributed by atoms with Crippen LogP contribution in [0.25, 0.3) is 0 Å². The van der Waals surface area contributed by atoms with E-state index in [4.69, 9.17) is 23.3 Å². The lowest BCUT2D eigenvalue weighted by atomic mass is 9.85. The second kappa shape index (κ2) is 34.2. The lowest BCUT2D eigenvalue weighted by Gasteiger charge is -2.41. The summed E-state index contributed by atoms with van der Waals surface area (Å²) in [5.41, 5.74) is 0. The molecule has 15 heteroatoms. The van der Waals surface area contributed by atoms with Crippen LogP contribution in [0, 0.1) is 0 Å². The van der Waals surface area contributed by atoms with Crippen molar-refractivity contribution >= 4 is 19.8 Å². The lowest BCUT2D eigenvalue weighted by molar-refractivity contribution is -0.220. The van der Waals surface area contributed by atoms with E-state index in [1.807, 2.05) is 12.2 Å². The first-order valence-corrected chi connectivity index (χ1v) is 25.1. The Labute approximate surface area is 371 Å². The van der Waals surface area contributed by atoms with E-state index in [0.29, 0.717) is 31.5 Å². The Kier molecular flexibility index (Phi) is 30.8. The SMILES string of the molecule is CCCCCCCCCCCCCCCCCC(=O)OCC(COP(=O)(O)OC1C(O)C(O)C(O)C(O)C1O)OC(=O)CCCC=CCC=CCC=CCC=CCC1OC1CC. The minimum atomic E-state index is -5.14. The standard InChI is InChI=1S/C47H81O14P/c1-3-5-6-7-8-9-10-11-12-15-18-21-24-27-30-33-40(48)57-35-37(36-58-62(55,56)61-47-45(53)43(51)42(50)44(52)46(47)54)59-41(49)34-31-28-25-22-19-16-13-14-17-20-23-26-29-32-39-38(4-2)60-39/h13,16-17,20,22,25-26,29,37-39,42-47,50-54H,3-12,14-15,18-19,21,23-24,27-28,30-36H2,1-2H3,(H,55,56). The van der Waals surface area contributed by atoms with Gasteiger partial charge < -0.3 is 44.6 Å². The second-order valence-electron chi connectivity index (χ2n) is 16.6. The van der Waals surface area contributed by atoms with E-state index < -0.39 is 75.7 Å². The number of carbonyl (C=O) groups is 2. The van der Waals surface area contributed by atoms with Crippen LogP contribution in [0.15, 0.2) is 48.6 Å². The highest BCUT2D eigenvalue weighted by Gasteiger charge is 2.51. The summed E-state index contributed by atoms with van der Waals surface area (Å²) in [6.45, 7) is 3.16. The Bertz CT molecular complexity index is 1340. The molecule has 0 spiro atoms. The molecular formula is C47H81O14P. The molecular weight excluding hydrogens is 819 g/mol. The molecule has 6 N–H and O–H groups in total. The minimum Gasteiger partial charge on any atom is -0.462 e. The Balaban J connectivity index is 1.71. The largest absolute Gasteiger partial charge is 0.472 e. The number of esters is 2. The van der Waals surface area contributed by atoms with Crippen molar-refractivity contribution in [2.45, 2.75) is 223 Å². The van der Waals surface area contributed by atoms with Crippen molar-refractivity contribution in [3.8, 4) is 0 Å². The van der Waals surface area contributed by atoms with E-state index >= 15 is 0 Å². The third kappa shape index (κ3) is 25.9. The fraction of sp³-hybridized carbons (Fsp3) is 0.787. The zero-order valence-corrected chi connectivity index (χ0v) is 38.5. The first-order valence-electron chi connectivity index (χ1n) is 23.6. The van der Waals surface area contributed by atoms with E-state index in [9.17, 15) is 44.6 Å². The molecule has 8 atom stereocenters. The average molecular weight is 901 g/mol. The van der Waals surface area contributed by atoms with Crippen molar-refractivity contribution < 1.29 is 67.8 Å². The molecule has 14 nitrogen and oxygen atoms in total. The Hall–Kier alpha value is -2.23. The van der Waals surface area contributed by atoms with Gasteiger partial charge >= 0.3 is 19.8 Å². The van der Waals surface area contributed by atoms with Crippen molar-refractivity contribution in [1.82, 2.24) is 0 Å². The van der Waals surface area contributed by atoms with Crippen LogP contribution in [-0.4, -0.2) is 111 Å². The number of aliphatic hydroxyl groups excluding tert-OH is 5. The summed E-state index contributed by atoms with van der Waals surface area (Å²) in [6, 6.07) is 0. The molecule has 0 aromatic rings. The highest BCUT2D eigenvalue weighted by molar-refractivity contribution is 7.47.